The first-order chi connectivity index (χ1) is 10.0. The molecule has 0 radical (unpaired) electrons. The number of hydrogen-bond donors (Lipinski definition) is 0. The van der Waals surface area contributed by atoms with E-state index in [1.54, 1.807) is 37.4 Å². The largest absolute Gasteiger partial charge is 0.525 e. The summed E-state index contributed by atoms with van der Waals surface area (Å²) in [6, 6.07) is 17.8. The minimum Gasteiger partial charge on any atom is -0.497 e. The van der Waals surface area contributed by atoms with E-state index >= 15 is 0 Å². The number of para-hydroxylation sites is 2. The van der Waals surface area contributed by atoms with E-state index in [2.05, 4.69) is 9.47 Å². The van der Waals surface area contributed by atoms with E-state index in [9.17, 15) is 13.2 Å². The number of hydrogen-bond acceptors (Lipinski definition) is 3. The first-order valence-electron chi connectivity index (χ1n) is 5.99. The minimum absolute atomic E-state index is 0.340. The highest BCUT2D eigenvalue weighted by Gasteiger charge is 2.29. The normalized spacial score (nSPS) is 10.3. The molecule has 2 aromatic rings. The van der Waals surface area contributed by atoms with Crippen molar-refractivity contribution in [1.29, 1.82) is 0 Å². The fourth-order valence-corrected chi connectivity index (χ4v) is 1.24. The van der Waals surface area contributed by atoms with Gasteiger partial charge in [0.15, 0.2) is 6.79 Å². The van der Waals surface area contributed by atoms with Crippen LogP contribution in [0.4, 0.5) is 13.2 Å². The van der Waals surface area contributed by atoms with Gasteiger partial charge < -0.3 is 9.47 Å². The molecule has 0 saturated carbocycles. The Morgan fingerprint density at radius 1 is 0.810 bits per heavy atom. The summed E-state index contributed by atoms with van der Waals surface area (Å²) in [5.41, 5.74) is 0. The Morgan fingerprint density at radius 3 is 1.67 bits per heavy atom. The van der Waals surface area contributed by atoms with Crippen LogP contribution in [-0.2, 0) is 4.74 Å². The molecular weight excluding hydrogens is 285 g/mol. The number of halogens is 3. The lowest BCUT2D eigenvalue weighted by Crippen LogP contribution is -2.17. The Kier molecular flexibility index (Phi) is 7.11. The summed E-state index contributed by atoms with van der Waals surface area (Å²) >= 11 is 0. The Bertz CT molecular complexity index is 487. The van der Waals surface area contributed by atoms with Crippen molar-refractivity contribution in [2.24, 2.45) is 0 Å². The molecule has 0 aliphatic rings. The highest BCUT2D eigenvalue weighted by Crippen LogP contribution is 2.17. The third-order valence-electron chi connectivity index (χ3n) is 2.17. The minimum atomic E-state index is -4.64. The van der Waals surface area contributed by atoms with Crippen molar-refractivity contribution >= 4 is 0 Å². The predicted molar refractivity (Wildman–Crippen MR) is 72.1 cm³/mol. The summed E-state index contributed by atoms with van der Waals surface area (Å²) < 4.78 is 47.3. The van der Waals surface area contributed by atoms with Crippen LogP contribution in [0.5, 0.6) is 11.5 Å². The zero-order valence-corrected chi connectivity index (χ0v) is 11.3. The number of ether oxygens (including phenoxy) is 3. The van der Waals surface area contributed by atoms with Crippen molar-refractivity contribution in [3.63, 3.8) is 0 Å². The number of alkyl halides is 3. The van der Waals surface area contributed by atoms with Gasteiger partial charge in [-0.05, 0) is 24.3 Å². The van der Waals surface area contributed by atoms with E-state index in [0.29, 0.717) is 5.75 Å². The third kappa shape index (κ3) is 8.54. The van der Waals surface area contributed by atoms with Crippen molar-refractivity contribution < 1.29 is 27.4 Å². The molecule has 0 spiro atoms. The third-order valence-corrected chi connectivity index (χ3v) is 2.17. The van der Waals surface area contributed by atoms with Gasteiger partial charge in [0.25, 0.3) is 0 Å². The summed E-state index contributed by atoms with van der Waals surface area (Å²) in [5.74, 6) is 1.25. The summed E-state index contributed by atoms with van der Waals surface area (Å²) in [6.07, 6.45) is -4.64. The van der Waals surface area contributed by atoms with Crippen LogP contribution in [0.15, 0.2) is 60.7 Å². The molecule has 2 rings (SSSR count). The van der Waals surface area contributed by atoms with Crippen molar-refractivity contribution in [2.45, 2.75) is 6.36 Å². The molecule has 0 heterocycles. The Morgan fingerprint density at radius 2 is 1.29 bits per heavy atom. The highest BCUT2D eigenvalue weighted by atomic mass is 19.4. The SMILES string of the molecule is COc1ccccc1.FC(F)(F)OCOc1ccccc1. The maximum atomic E-state index is 11.5. The van der Waals surface area contributed by atoms with Crippen LogP contribution in [0.1, 0.15) is 0 Å². The smallest absolute Gasteiger partial charge is 0.497 e. The van der Waals surface area contributed by atoms with E-state index in [1.807, 2.05) is 30.3 Å². The van der Waals surface area contributed by atoms with E-state index < -0.39 is 13.2 Å². The second-order valence-corrected chi connectivity index (χ2v) is 3.68. The van der Waals surface area contributed by atoms with Crippen LogP contribution in [0.25, 0.3) is 0 Å². The van der Waals surface area contributed by atoms with Gasteiger partial charge in [0.05, 0.1) is 7.11 Å². The van der Waals surface area contributed by atoms with Gasteiger partial charge in [-0.25, -0.2) is 0 Å². The van der Waals surface area contributed by atoms with Crippen LogP contribution in [0.2, 0.25) is 0 Å². The van der Waals surface area contributed by atoms with E-state index in [1.165, 1.54) is 0 Å². The topological polar surface area (TPSA) is 27.7 Å². The molecule has 0 aliphatic heterocycles. The van der Waals surface area contributed by atoms with Crippen LogP contribution >= 0.6 is 0 Å². The first-order valence-corrected chi connectivity index (χ1v) is 5.99. The number of benzene rings is 2. The molecule has 0 aliphatic carbocycles. The first kappa shape index (κ1) is 16.8. The van der Waals surface area contributed by atoms with Gasteiger partial charge in [0.1, 0.15) is 11.5 Å². The quantitative estimate of drug-likeness (QED) is 0.790. The van der Waals surface area contributed by atoms with Gasteiger partial charge in [0, 0.05) is 0 Å². The van der Waals surface area contributed by atoms with Gasteiger partial charge >= 0.3 is 6.36 Å². The van der Waals surface area contributed by atoms with E-state index in [0.717, 1.165) is 5.75 Å². The molecule has 0 atom stereocenters. The molecule has 0 saturated heterocycles. The molecule has 2 aromatic carbocycles. The highest BCUT2D eigenvalue weighted by molar-refractivity contribution is 5.21. The molecule has 0 unspecified atom stereocenters. The zero-order chi connectivity index (χ0) is 15.6. The van der Waals surface area contributed by atoms with Crippen molar-refractivity contribution in [3.8, 4) is 11.5 Å². The number of rotatable bonds is 4. The van der Waals surface area contributed by atoms with Crippen molar-refractivity contribution in [2.75, 3.05) is 13.9 Å². The maximum absolute atomic E-state index is 11.5. The average molecular weight is 300 g/mol. The standard InChI is InChI=1S/C8H7F3O2.C7H8O/c9-8(10,11)13-6-12-7-4-2-1-3-5-7;1-8-7-5-3-2-4-6-7/h1-5H,6H2;2-6H,1H3. The molecule has 6 heteroatoms. The summed E-state index contributed by atoms with van der Waals surface area (Å²) in [6.45, 7) is -0.826. The van der Waals surface area contributed by atoms with Gasteiger partial charge in [-0.15, -0.1) is 13.2 Å². The predicted octanol–water partition coefficient (Wildman–Crippen LogP) is 4.25. The molecule has 0 amide bonds. The molecular formula is C15H15F3O3. The lowest BCUT2D eigenvalue weighted by Gasteiger charge is -2.08. The van der Waals surface area contributed by atoms with Crippen molar-refractivity contribution in [3.05, 3.63) is 60.7 Å². The summed E-state index contributed by atoms with van der Waals surface area (Å²) in [4.78, 5) is 0. The summed E-state index contributed by atoms with van der Waals surface area (Å²) in [5, 5.41) is 0. The van der Waals surface area contributed by atoms with E-state index in [4.69, 9.17) is 4.74 Å². The van der Waals surface area contributed by atoms with Crippen LogP contribution in [-0.4, -0.2) is 20.3 Å². The van der Waals surface area contributed by atoms with E-state index in [-0.39, 0.29) is 0 Å². The van der Waals surface area contributed by atoms with Crippen LogP contribution in [0, 0.1) is 0 Å². The monoisotopic (exact) mass is 300 g/mol. The molecule has 114 valence electrons. The second kappa shape index (κ2) is 8.86. The van der Waals surface area contributed by atoms with Gasteiger partial charge in [0.2, 0.25) is 0 Å². The Hall–Kier alpha value is -2.21. The Balaban J connectivity index is 0.000000235. The van der Waals surface area contributed by atoms with Gasteiger partial charge in [-0.3, -0.25) is 4.74 Å². The fourth-order valence-electron chi connectivity index (χ4n) is 1.24. The van der Waals surface area contributed by atoms with Crippen molar-refractivity contribution in [1.82, 2.24) is 0 Å². The molecule has 3 nitrogen and oxygen atoms in total. The number of methoxy groups -OCH3 is 1. The molecule has 0 N–H and O–H groups in total. The molecule has 0 bridgehead atoms. The maximum Gasteiger partial charge on any atom is 0.525 e. The van der Waals surface area contributed by atoms with Crippen LogP contribution < -0.4 is 9.47 Å². The lowest BCUT2D eigenvalue weighted by atomic mass is 10.3. The second-order valence-electron chi connectivity index (χ2n) is 3.68. The Labute approximate surface area is 120 Å². The van der Waals surface area contributed by atoms with Gasteiger partial charge in [-0.1, -0.05) is 36.4 Å². The molecule has 0 aromatic heterocycles. The summed E-state index contributed by atoms with van der Waals surface area (Å²) in [7, 11) is 1.66. The average Bonchev–Trinajstić information content (AvgIpc) is 2.48. The zero-order valence-electron chi connectivity index (χ0n) is 11.3. The lowest BCUT2D eigenvalue weighted by molar-refractivity contribution is -0.341. The van der Waals surface area contributed by atoms with Crippen LogP contribution in [0.3, 0.4) is 0 Å². The van der Waals surface area contributed by atoms with Gasteiger partial charge in [-0.2, -0.15) is 0 Å². The fraction of sp³-hybridized carbons (Fsp3) is 0.200. The molecule has 21 heavy (non-hydrogen) atoms. The molecule has 0 fully saturated rings.